The maximum Gasteiger partial charge on any atom is 0.237 e. The molecule has 3 rings (SSSR count). The van der Waals surface area contributed by atoms with Gasteiger partial charge < -0.3 is 15.0 Å². The number of hydrogen-bond donors (Lipinski definition) is 1. The second kappa shape index (κ2) is 8.95. The summed E-state index contributed by atoms with van der Waals surface area (Å²) in [6.45, 7) is 9.57. The summed E-state index contributed by atoms with van der Waals surface area (Å²) in [4.78, 5) is 14.8. The van der Waals surface area contributed by atoms with Crippen LogP contribution in [0.15, 0.2) is 23.4 Å². The summed E-state index contributed by atoms with van der Waals surface area (Å²) in [7, 11) is 0. The van der Waals surface area contributed by atoms with Gasteiger partial charge in [-0.3, -0.25) is 9.36 Å². The number of morpholine rings is 1. The topological polar surface area (TPSA) is 72.3 Å². The minimum absolute atomic E-state index is 0.0936. The van der Waals surface area contributed by atoms with E-state index in [2.05, 4.69) is 27.3 Å². The fraction of sp³-hybridized carbons (Fsp3) is 0.500. The van der Waals surface area contributed by atoms with Gasteiger partial charge in [-0.2, -0.15) is 0 Å². The molecule has 1 atom stereocenters. The molecular weight excluding hydrogens is 386 g/mol. The lowest BCUT2D eigenvalue weighted by Gasteiger charge is -2.27. The third kappa shape index (κ3) is 4.75. The Kier molecular flexibility index (Phi) is 6.62. The van der Waals surface area contributed by atoms with E-state index in [0.717, 1.165) is 42.0 Å². The number of carbonyl (C=O) groups is 1. The number of amides is 1. The molecule has 1 aromatic carbocycles. The fourth-order valence-electron chi connectivity index (χ4n) is 2.82. The number of rotatable bonds is 6. The third-order valence-electron chi connectivity index (χ3n) is 4.42. The lowest BCUT2D eigenvalue weighted by Crippen LogP contribution is -2.38. The predicted molar refractivity (Wildman–Crippen MR) is 109 cm³/mol. The molecule has 0 aliphatic carbocycles. The van der Waals surface area contributed by atoms with Crippen LogP contribution in [0.4, 0.5) is 11.6 Å². The quantitative estimate of drug-likeness (QED) is 0.738. The number of nitrogens with zero attached hydrogens (tertiary/aromatic N) is 4. The number of aromatic nitrogens is 3. The second-order valence-electron chi connectivity index (χ2n) is 6.33. The number of halogens is 1. The van der Waals surface area contributed by atoms with Crippen LogP contribution in [0.2, 0.25) is 5.02 Å². The van der Waals surface area contributed by atoms with E-state index in [0.29, 0.717) is 18.2 Å². The van der Waals surface area contributed by atoms with Crippen molar-refractivity contribution in [3.63, 3.8) is 0 Å². The normalized spacial score (nSPS) is 15.6. The van der Waals surface area contributed by atoms with Crippen molar-refractivity contribution in [1.29, 1.82) is 0 Å². The Bertz CT molecular complexity index is 807. The van der Waals surface area contributed by atoms with E-state index in [1.54, 1.807) is 6.07 Å². The van der Waals surface area contributed by atoms with Crippen LogP contribution in [0.3, 0.4) is 0 Å². The van der Waals surface area contributed by atoms with Crippen LogP contribution in [-0.2, 0) is 16.1 Å². The molecule has 1 saturated heterocycles. The highest BCUT2D eigenvalue weighted by Crippen LogP contribution is 2.27. The molecule has 1 fully saturated rings. The third-order valence-corrected chi connectivity index (χ3v) is 5.73. The van der Waals surface area contributed by atoms with Gasteiger partial charge in [0.05, 0.1) is 18.5 Å². The van der Waals surface area contributed by atoms with E-state index < -0.39 is 0 Å². The Labute approximate surface area is 168 Å². The zero-order valence-electron chi connectivity index (χ0n) is 15.7. The largest absolute Gasteiger partial charge is 0.378 e. The molecule has 0 radical (unpaired) electrons. The number of hydrogen-bond acceptors (Lipinski definition) is 6. The van der Waals surface area contributed by atoms with Gasteiger partial charge in [0.25, 0.3) is 0 Å². The molecule has 2 aromatic rings. The van der Waals surface area contributed by atoms with Gasteiger partial charge in [0, 0.05) is 30.3 Å². The maximum absolute atomic E-state index is 12.6. The average molecular weight is 410 g/mol. The van der Waals surface area contributed by atoms with Gasteiger partial charge in [-0.15, -0.1) is 10.2 Å². The smallest absolute Gasteiger partial charge is 0.237 e. The van der Waals surface area contributed by atoms with Gasteiger partial charge in [-0.1, -0.05) is 29.4 Å². The zero-order valence-corrected chi connectivity index (χ0v) is 17.3. The number of ether oxygens (including phenoxy) is 1. The Morgan fingerprint density at radius 2 is 2.11 bits per heavy atom. The van der Waals surface area contributed by atoms with E-state index in [9.17, 15) is 4.79 Å². The molecule has 9 heteroatoms. The van der Waals surface area contributed by atoms with Gasteiger partial charge >= 0.3 is 0 Å². The summed E-state index contributed by atoms with van der Waals surface area (Å²) in [5.74, 6) is 0.741. The summed E-state index contributed by atoms with van der Waals surface area (Å²) in [5.41, 5.74) is 1.70. The number of aryl methyl sites for hydroxylation is 1. The number of thioether (sulfide) groups is 1. The van der Waals surface area contributed by atoms with Crippen LogP contribution in [0.25, 0.3) is 0 Å². The molecule has 1 unspecified atom stereocenters. The molecule has 1 N–H and O–H groups in total. The van der Waals surface area contributed by atoms with Crippen LogP contribution in [0, 0.1) is 6.92 Å². The summed E-state index contributed by atoms with van der Waals surface area (Å²) in [6, 6.07) is 5.46. The molecule has 146 valence electrons. The molecule has 7 nitrogen and oxygen atoms in total. The van der Waals surface area contributed by atoms with Crippen molar-refractivity contribution in [3.8, 4) is 0 Å². The van der Waals surface area contributed by atoms with Crippen LogP contribution in [-0.4, -0.2) is 52.2 Å². The molecular formula is C18H24ClN5O2S. The van der Waals surface area contributed by atoms with E-state index in [1.807, 2.05) is 30.5 Å². The fourth-order valence-corrected chi connectivity index (χ4v) is 3.90. The molecule has 1 aromatic heterocycles. The first-order valence-corrected chi connectivity index (χ1v) is 10.2. The molecule has 1 aliphatic rings. The lowest BCUT2D eigenvalue weighted by atomic mass is 10.2. The number of nitrogens with one attached hydrogen (secondary N) is 1. The first-order chi connectivity index (χ1) is 13.0. The Morgan fingerprint density at radius 1 is 1.37 bits per heavy atom. The molecule has 0 saturated carbocycles. The zero-order chi connectivity index (χ0) is 19.4. The molecule has 2 heterocycles. The highest BCUT2D eigenvalue weighted by Gasteiger charge is 2.23. The Morgan fingerprint density at radius 3 is 2.81 bits per heavy atom. The molecule has 27 heavy (non-hydrogen) atoms. The van der Waals surface area contributed by atoms with E-state index in [4.69, 9.17) is 16.3 Å². The van der Waals surface area contributed by atoms with Crippen molar-refractivity contribution >= 4 is 40.9 Å². The van der Waals surface area contributed by atoms with Crippen molar-refractivity contribution in [3.05, 3.63) is 28.8 Å². The van der Waals surface area contributed by atoms with Crippen molar-refractivity contribution in [2.24, 2.45) is 0 Å². The summed E-state index contributed by atoms with van der Waals surface area (Å²) < 4.78 is 7.45. The SMILES string of the molecule is CCn1c(SC(C)C(=O)Nc2cc(Cl)ccc2C)nnc1N1CCOCC1. The van der Waals surface area contributed by atoms with E-state index in [1.165, 1.54) is 11.8 Å². The number of anilines is 2. The monoisotopic (exact) mass is 409 g/mol. The Hall–Kier alpha value is -1.77. The van der Waals surface area contributed by atoms with Gasteiger partial charge in [0.1, 0.15) is 0 Å². The first-order valence-electron chi connectivity index (χ1n) is 8.99. The van der Waals surface area contributed by atoms with Gasteiger partial charge in [0.2, 0.25) is 11.9 Å². The highest BCUT2D eigenvalue weighted by atomic mass is 35.5. The van der Waals surface area contributed by atoms with E-state index in [-0.39, 0.29) is 11.2 Å². The molecule has 0 spiro atoms. The van der Waals surface area contributed by atoms with Crippen LogP contribution in [0.5, 0.6) is 0 Å². The van der Waals surface area contributed by atoms with Crippen molar-refractivity contribution in [2.75, 3.05) is 36.5 Å². The standard InChI is InChI=1S/C18H24ClN5O2S/c1-4-24-17(23-7-9-26-10-8-23)21-22-18(24)27-13(3)16(25)20-15-11-14(19)6-5-12(15)2/h5-6,11,13H,4,7-10H2,1-3H3,(H,20,25). The van der Waals surface area contributed by atoms with Crippen LogP contribution >= 0.6 is 23.4 Å². The van der Waals surface area contributed by atoms with Crippen molar-refractivity contribution in [2.45, 2.75) is 37.7 Å². The van der Waals surface area contributed by atoms with Crippen LogP contribution in [0.1, 0.15) is 19.4 Å². The maximum atomic E-state index is 12.6. The predicted octanol–water partition coefficient (Wildman–Crippen LogP) is 3.22. The summed E-state index contributed by atoms with van der Waals surface area (Å²) >= 11 is 7.44. The van der Waals surface area contributed by atoms with Gasteiger partial charge in [-0.05, 0) is 38.5 Å². The van der Waals surface area contributed by atoms with Crippen LogP contribution < -0.4 is 10.2 Å². The van der Waals surface area contributed by atoms with Crippen molar-refractivity contribution in [1.82, 2.24) is 14.8 Å². The first kappa shape index (κ1) is 20.0. The summed E-state index contributed by atoms with van der Waals surface area (Å²) in [5, 5.41) is 12.6. The molecule has 1 aliphatic heterocycles. The van der Waals surface area contributed by atoms with Gasteiger partial charge in [0.15, 0.2) is 5.16 Å². The molecule has 1 amide bonds. The minimum atomic E-state index is -0.324. The minimum Gasteiger partial charge on any atom is -0.378 e. The average Bonchev–Trinajstić information content (AvgIpc) is 3.07. The second-order valence-corrected chi connectivity index (χ2v) is 8.08. The van der Waals surface area contributed by atoms with Crippen molar-refractivity contribution < 1.29 is 9.53 Å². The number of carbonyl (C=O) groups excluding carboxylic acids is 1. The lowest BCUT2D eigenvalue weighted by molar-refractivity contribution is -0.115. The summed E-state index contributed by atoms with van der Waals surface area (Å²) in [6.07, 6.45) is 0. The molecule has 0 bridgehead atoms. The van der Waals surface area contributed by atoms with Gasteiger partial charge in [-0.25, -0.2) is 0 Å². The number of benzene rings is 1. The van der Waals surface area contributed by atoms with E-state index >= 15 is 0 Å². The Balaban J connectivity index is 1.69. The highest BCUT2D eigenvalue weighted by molar-refractivity contribution is 8.00.